The molecule has 0 spiro atoms. The molecule has 1 aromatic carbocycles. The van der Waals surface area contributed by atoms with Crippen molar-refractivity contribution < 1.29 is 9.69 Å². The second-order valence-electron chi connectivity index (χ2n) is 5.84. The largest absolute Gasteiger partial charge is 0.349 e. The molecule has 3 nitrogen and oxygen atoms in total. The van der Waals surface area contributed by atoms with E-state index in [0.29, 0.717) is 0 Å². The fourth-order valence-corrected chi connectivity index (χ4v) is 2.13. The van der Waals surface area contributed by atoms with Crippen LogP contribution in [0.15, 0.2) is 18.2 Å². The zero-order valence-electron chi connectivity index (χ0n) is 13.0. The molecule has 0 bridgehead atoms. The Hall–Kier alpha value is -1.35. The van der Waals surface area contributed by atoms with Crippen molar-refractivity contribution in [2.45, 2.75) is 53.2 Å². The molecule has 0 radical (unpaired) electrons. The van der Waals surface area contributed by atoms with E-state index in [1.54, 1.807) is 0 Å². The van der Waals surface area contributed by atoms with Crippen LogP contribution in [0.4, 0.5) is 0 Å². The Bertz CT molecular complexity index is 440. The summed E-state index contributed by atoms with van der Waals surface area (Å²) in [5.41, 5.74) is 3.90. The summed E-state index contributed by atoms with van der Waals surface area (Å²) in [5, 5.41) is 2.97. The molecule has 0 aliphatic carbocycles. The maximum Gasteiger partial charge on any atom is 0.278 e. The SMILES string of the molecule is Cc1ccc(C[NH+](C)[C@@H](C)C(=O)NC(C)C)c(C)c1. The highest BCUT2D eigenvalue weighted by molar-refractivity contribution is 5.80. The van der Waals surface area contributed by atoms with Gasteiger partial charge in [0.2, 0.25) is 0 Å². The van der Waals surface area contributed by atoms with Crippen molar-refractivity contribution in [3.05, 3.63) is 34.9 Å². The summed E-state index contributed by atoms with van der Waals surface area (Å²) in [5.74, 6) is 0.122. The summed E-state index contributed by atoms with van der Waals surface area (Å²) >= 11 is 0. The number of quaternary nitrogens is 1. The number of rotatable bonds is 5. The first-order valence-corrected chi connectivity index (χ1v) is 7.00. The van der Waals surface area contributed by atoms with Crippen molar-refractivity contribution in [1.82, 2.24) is 5.32 Å². The molecule has 1 rings (SSSR count). The average molecular weight is 263 g/mol. The third-order valence-corrected chi connectivity index (χ3v) is 3.53. The normalized spacial score (nSPS) is 14.3. The second-order valence-corrected chi connectivity index (χ2v) is 5.84. The number of hydrogen-bond donors (Lipinski definition) is 2. The first-order chi connectivity index (χ1) is 8.81. The molecule has 0 saturated carbocycles. The fourth-order valence-electron chi connectivity index (χ4n) is 2.13. The van der Waals surface area contributed by atoms with E-state index in [4.69, 9.17) is 0 Å². The van der Waals surface area contributed by atoms with Crippen molar-refractivity contribution in [3.8, 4) is 0 Å². The maximum atomic E-state index is 12.0. The van der Waals surface area contributed by atoms with Gasteiger partial charge in [0.05, 0.1) is 7.05 Å². The zero-order chi connectivity index (χ0) is 14.6. The van der Waals surface area contributed by atoms with Gasteiger partial charge in [-0.3, -0.25) is 4.79 Å². The standard InChI is InChI=1S/C16H26N2O/c1-11(2)17-16(19)14(5)18(6)10-15-8-7-12(3)9-13(15)4/h7-9,11,14H,10H2,1-6H3,(H,17,19)/p+1/t14-/m0/s1. The first kappa shape index (κ1) is 15.7. The lowest BCUT2D eigenvalue weighted by atomic mass is 10.0. The van der Waals surface area contributed by atoms with Gasteiger partial charge >= 0.3 is 0 Å². The molecule has 2 atom stereocenters. The van der Waals surface area contributed by atoms with E-state index in [-0.39, 0.29) is 18.0 Å². The van der Waals surface area contributed by atoms with E-state index < -0.39 is 0 Å². The van der Waals surface area contributed by atoms with Crippen molar-refractivity contribution >= 4 is 5.91 Å². The third-order valence-electron chi connectivity index (χ3n) is 3.53. The van der Waals surface area contributed by atoms with Gasteiger partial charge in [0, 0.05) is 11.6 Å². The molecule has 19 heavy (non-hydrogen) atoms. The zero-order valence-corrected chi connectivity index (χ0v) is 13.0. The minimum atomic E-state index is -0.0388. The highest BCUT2D eigenvalue weighted by Gasteiger charge is 2.22. The highest BCUT2D eigenvalue weighted by Crippen LogP contribution is 2.09. The van der Waals surface area contributed by atoms with E-state index in [1.165, 1.54) is 21.6 Å². The minimum Gasteiger partial charge on any atom is -0.349 e. The quantitative estimate of drug-likeness (QED) is 0.823. The van der Waals surface area contributed by atoms with E-state index >= 15 is 0 Å². The van der Waals surface area contributed by atoms with Gasteiger partial charge in [-0.05, 0) is 40.2 Å². The molecule has 0 heterocycles. The second kappa shape index (κ2) is 6.71. The molecular weight excluding hydrogens is 236 g/mol. The van der Waals surface area contributed by atoms with Crippen LogP contribution in [-0.2, 0) is 11.3 Å². The lowest BCUT2D eigenvalue weighted by molar-refractivity contribution is -0.908. The van der Waals surface area contributed by atoms with Gasteiger partial charge in [-0.2, -0.15) is 0 Å². The van der Waals surface area contributed by atoms with Gasteiger partial charge in [0.15, 0.2) is 6.04 Å². The minimum absolute atomic E-state index is 0.0388. The lowest BCUT2D eigenvalue weighted by Crippen LogP contribution is -3.12. The van der Waals surface area contributed by atoms with Crippen molar-refractivity contribution in [2.75, 3.05) is 7.05 Å². The Labute approximate surface area is 117 Å². The smallest absolute Gasteiger partial charge is 0.278 e. The Morgan fingerprint density at radius 1 is 1.26 bits per heavy atom. The van der Waals surface area contributed by atoms with E-state index in [2.05, 4.69) is 44.4 Å². The van der Waals surface area contributed by atoms with Gasteiger partial charge < -0.3 is 10.2 Å². The van der Waals surface area contributed by atoms with Crippen LogP contribution in [0.1, 0.15) is 37.5 Å². The molecule has 2 N–H and O–H groups in total. The van der Waals surface area contributed by atoms with Crippen LogP contribution in [0.2, 0.25) is 0 Å². The molecule has 0 saturated heterocycles. The van der Waals surface area contributed by atoms with E-state index in [9.17, 15) is 4.79 Å². The number of carbonyl (C=O) groups excluding carboxylic acids is 1. The first-order valence-electron chi connectivity index (χ1n) is 7.00. The van der Waals surface area contributed by atoms with Crippen LogP contribution >= 0.6 is 0 Å². The molecule has 0 aliphatic rings. The maximum absolute atomic E-state index is 12.0. The van der Waals surface area contributed by atoms with Crippen LogP contribution in [-0.4, -0.2) is 25.0 Å². The van der Waals surface area contributed by atoms with Gasteiger partial charge in [0.1, 0.15) is 6.54 Å². The Kier molecular flexibility index (Phi) is 5.55. The monoisotopic (exact) mass is 263 g/mol. The molecule has 106 valence electrons. The Balaban J connectivity index is 2.68. The van der Waals surface area contributed by atoms with Gasteiger partial charge in [-0.15, -0.1) is 0 Å². The van der Waals surface area contributed by atoms with Crippen LogP contribution in [0, 0.1) is 13.8 Å². The molecule has 0 fully saturated rings. The highest BCUT2D eigenvalue weighted by atomic mass is 16.2. The summed E-state index contributed by atoms with van der Waals surface area (Å²) in [6.07, 6.45) is 0. The van der Waals surface area contributed by atoms with Crippen LogP contribution in [0.3, 0.4) is 0 Å². The Morgan fingerprint density at radius 3 is 2.42 bits per heavy atom. The molecule has 1 aromatic rings. The Morgan fingerprint density at radius 2 is 1.89 bits per heavy atom. The molecule has 3 heteroatoms. The van der Waals surface area contributed by atoms with E-state index in [0.717, 1.165) is 6.54 Å². The van der Waals surface area contributed by atoms with Crippen molar-refractivity contribution in [3.63, 3.8) is 0 Å². The summed E-state index contributed by atoms with van der Waals surface area (Å²) in [6, 6.07) is 6.66. The number of likely N-dealkylation sites (N-methyl/N-ethyl adjacent to an activating group) is 1. The number of nitrogens with one attached hydrogen (secondary N) is 2. The van der Waals surface area contributed by atoms with Crippen LogP contribution in [0.5, 0.6) is 0 Å². The average Bonchev–Trinajstić information content (AvgIpc) is 2.30. The molecule has 1 unspecified atom stereocenters. The van der Waals surface area contributed by atoms with Gasteiger partial charge in [0.25, 0.3) is 5.91 Å². The topological polar surface area (TPSA) is 33.5 Å². The molecule has 0 aliphatic heterocycles. The number of amides is 1. The lowest BCUT2D eigenvalue weighted by Gasteiger charge is -2.23. The number of carbonyl (C=O) groups is 1. The number of hydrogen-bond acceptors (Lipinski definition) is 1. The molecular formula is C16H27N2O+. The number of aryl methyl sites for hydroxylation is 2. The summed E-state index contributed by atoms with van der Waals surface area (Å²) in [4.78, 5) is 13.2. The molecule has 1 amide bonds. The van der Waals surface area contributed by atoms with Crippen LogP contribution < -0.4 is 10.2 Å². The third kappa shape index (κ3) is 4.67. The summed E-state index contributed by atoms with van der Waals surface area (Å²) in [7, 11) is 2.07. The predicted octanol–water partition coefficient (Wildman–Crippen LogP) is 1.23. The van der Waals surface area contributed by atoms with Gasteiger partial charge in [-0.1, -0.05) is 23.8 Å². The van der Waals surface area contributed by atoms with Crippen molar-refractivity contribution in [2.24, 2.45) is 0 Å². The summed E-state index contributed by atoms with van der Waals surface area (Å²) in [6.45, 7) is 11.1. The van der Waals surface area contributed by atoms with Crippen LogP contribution in [0.25, 0.3) is 0 Å². The number of benzene rings is 1. The fraction of sp³-hybridized carbons (Fsp3) is 0.562. The van der Waals surface area contributed by atoms with Crippen molar-refractivity contribution in [1.29, 1.82) is 0 Å². The molecule has 0 aromatic heterocycles. The van der Waals surface area contributed by atoms with E-state index in [1.807, 2.05) is 20.8 Å². The van der Waals surface area contributed by atoms with Gasteiger partial charge in [-0.25, -0.2) is 0 Å². The predicted molar refractivity (Wildman–Crippen MR) is 79.2 cm³/mol. The summed E-state index contributed by atoms with van der Waals surface area (Å²) < 4.78 is 0.